The highest BCUT2D eigenvalue weighted by atomic mass is 35.5. The minimum Gasteiger partial charge on any atom is -0.496 e. The van der Waals surface area contributed by atoms with E-state index in [2.05, 4.69) is 5.10 Å². The third-order valence-corrected chi connectivity index (χ3v) is 4.49. The number of amides is 1. The van der Waals surface area contributed by atoms with Gasteiger partial charge in [-0.05, 0) is 23.8 Å². The van der Waals surface area contributed by atoms with Crippen molar-refractivity contribution in [2.75, 3.05) is 7.11 Å². The fourth-order valence-corrected chi connectivity index (χ4v) is 3.20. The lowest BCUT2D eigenvalue weighted by Crippen LogP contribution is -2.26. The van der Waals surface area contributed by atoms with Gasteiger partial charge in [-0.15, -0.1) is 0 Å². The Kier molecular flexibility index (Phi) is 4.86. The number of hydrogen-bond acceptors (Lipinski definition) is 3. The minimum absolute atomic E-state index is 0.0233. The molecule has 4 nitrogen and oxygen atoms in total. The second kappa shape index (κ2) is 7.05. The maximum Gasteiger partial charge on any atom is 0.242 e. The van der Waals surface area contributed by atoms with Gasteiger partial charge in [0.15, 0.2) is 0 Å². The highest BCUT2D eigenvalue weighted by Crippen LogP contribution is 2.37. The molecule has 0 N–H and O–H groups in total. The minimum atomic E-state index is -0.189. The van der Waals surface area contributed by atoms with E-state index in [0.29, 0.717) is 17.9 Å². The van der Waals surface area contributed by atoms with Gasteiger partial charge < -0.3 is 4.74 Å². The molecule has 5 heteroatoms. The topological polar surface area (TPSA) is 41.9 Å². The number of methoxy groups -OCH3 is 1. The number of benzene rings is 2. The number of nitrogens with zero attached hydrogens (tertiary/aromatic N) is 2. The average Bonchev–Trinajstić information content (AvgIpc) is 3.06. The molecule has 0 bridgehead atoms. The van der Waals surface area contributed by atoms with Crippen LogP contribution in [0.25, 0.3) is 0 Å². The normalized spacial score (nSPS) is 16.9. The second-order valence-corrected chi connectivity index (χ2v) is 5.99. The summed E-state index contributed by atoms with van der Waals surface area (Å²) in [7, 11) is 1.63. The number of carbonyl (C=O) groups is 1. The standard InChI is InChI=1S/C19H19ClN2O2/c1-3-19(23)22-17(13-8-4-6-10-15(13)20)12-16(21-22)14-9-5-7-11-18(14)24-2/h4-11,17H,3,12H2,1-2H3/t17-/m0/s1. The van der Waals surface area contributed by atoms with Crippen molar-refractivity contribution in [2.45, 2.75) is 25.8 Å². The van der Waals surface area contributed by atoms with Gasteiger partial charge in [0.05, 0.1) is 18.9 Å². The van der Waals surface area contributed by atoms with E-state index in [1.807, 2.05) is 55.5 Å². The summed E-state index contributed by atoms with van der Waals surface area (Å²) in [6.45, 7) is 1.84. The Morgan fingerprint density at radius 1 is 1.25 bits per heavy atom. The summed E-state index contributed by atoms with van der Waals surface area (Å²) < 4.78 is 5.43. The van der Waals surface area contributed by atoms with Gasteiger partial charge in [-0.3, -0.25) is 4.79 Å². The van der Waals surface area contributed by atoms with Gasteiger partial charge >= 0.3 is 0 Å². The molecule has 3 rings (SSSR count). The average molecular weight is 343 g/mol. The number of rotatable bonds is 4. The molecule has 2 aromatic carbocycles. The molecule has 24 heavy (non-hydrogen) atoms. The van der Waals surface area contributed by atoms with Crippen molar-refractivity contribution in [2.24, 2.45) is 5.10 Å². The maximum atomic E-state index is 12.4. The largest absolute Gasteiger partial charge is 0.496 e. The molecule has 0 spiro atoms. The lowest BCUT2D eigenvalue weighted by molar-refractivity contribution is -0.132. The highest BCUT2D eigenvalue weighted by Gasteiger charge is 2.34. The van der Waals surface area contributed by atoms with Crippen molar-refractivity contribution in [3.8, 4) is 5.75 Å². The fourth-order valence-electron chi connectivity index (χ4n) is 2.94. The first-order valence-electron chi connectivity index (χ1n) is 7.93. The van der Waals surface area contributed by atoms with Crippen LogP contribution in [-0.2, 0) is 4.79 Å². The van der Waals surface area contributed by atoms with E-state index in [4.69, 9.17) is 16.3 Å². The molecule has 1 aliphatic rings. The zero-order valence-corrected chi connectivity index (χ0v) is 14.5. The van der Waals surface area contributed by atoms with E-state index >= 15 is 0 Å². The first-order valence-corrected chi connectivity index (χ1v) is 8.30. The Morgan fingerprint density at radius 3 is 2.67 bits per heavy atom. The summed E-state index contributed by atoms with van der Waals surface area (Å²) in [5.74, 6) is 0.727. The number of para-hydroxylation sites is 1. The van der Waals surface area contributed by atoms with E-state index in [0.717, 1.165) is 22.6 Å². The zero-order valence-electron chi connectivity index (χ0n) is 13.7. The van der Waals surface area contributed by atoms with Gasteiger partial charge in [0.1, 0.15) is 5.75 Å². The van der Waals surface area contributed by atoms with Crippen LogP contribution < -0.4 is 4.74 Å². The molecule has 2 aromatic rings. The summed E-state index contributed by atoms with van der Waals surface area (Å²) in [4.78, 5) is 12.4. The van der Waals surface area contributed by atoms with E-state index < -0.39 is 0 Å². The molecule has 1 heterocycles. The van der Waals surface area contributed by atoms with Crippen LogP contribution in [0.5, 0.6) is 5.75 Å². The van der Waals surface area contributed by atoms with Crippen LogP contribution in [0.15, 0.2) is 53.6 Å². The molecule has 0 saturated carbocycles. The van der Waals surface area contributed by atoms with Crippen molar-refractivity contribution in [3.63, 3.8) is 0 Å². The Hall–Kier alpha value is -2.33. The Balaban J connectivity index is 2.02. The molecule has 0 radical (unpaired) electrons. The maximum absolute atomic E-state index is 12.4. The molecule has 1 aliphatic heterocycles. The van der Waals surface area contributed by atoms with Crippen LogP contribution in [0.2, 0.25) is 5.02 Å². The van der Waals surface area contributed by atoms with Gasteiger partial charge in [0, 0.05) is 23.4 Å². The molecular formula is C19H19ClN2O2. The summed E-state index contributed by atoms with van der Waals surface area (Å²) in [6, 6.07) is 15.1. The molecule has 0 aliphatic carbocycles. The summed E-state index contributed by atoms with van der Waals surface area (Å²) in [5.41, 5.74) is 2.65. The van der Waals surface area contributed by atoms with Crippen molar-refractivity contribution in [1.29, 1.82) is 0 Å². The van der Waals surface area contributed by atoms with Crippen molar-refractivity contribution < 1.29 is 9.53 Å². The third-order valence-electron chi connectivity index (χ3n) is 4.15. The van der Waals surface area contributed by atoms with Crippen LogP contribution in [0.3, 0.4) is 0 Å². The van der Waals surface area contributed by atoms with E-state index in [1.165, 1.54) is 0 Å². The van der Waals surface area contributed by atoms with Crippen LogP contribution in [0, 0.1) is 0 Å². The van der Waals surface area contributed by atoms with Crippen molar-refractivity contribution in [3.05, 3.63) is 64.7 Å². The molecule has 124 valence electrons. The lowest BCUT2D eigenvalue weighted by atomic mass is 9.98. The monoisotopic (exact) mass is 342 g/mol. The first kappa shape index (κ1) is 16.5. The summed E-state index contributed by atoms with van der Waals surface area (Å²) in [6.07, 6.45) is 1.000. The molecule has 1 atom stereocenters. The molecule has 0 aromatic heterocycles. The quantitative estimate of drug-likeness (QED) is 0.824. The van der Waals surface area contributed by atoms with Gasteiger partial charge in [-0.2, -0.15) is 5.10 Å². The molecular weight excluding hydrogens is 324 g/mol. The number of ether oxygens (including phenoxy) is 1. The third kappa shape index (κ3) is 3.02. The number of hydrazone groups is 1. The molecule has 1 amide bonds. The van der Waals surface area contributed by atoms with E-state index in [9.17, 15) is 4.79 Å². The predicted octanol–water partition coefficient (Wildman–Crippen LogP) is 4.44. The molecule has 0 saturated heterocycles. The van der Waals surface area contributed by atoms with Gasteiger partial charge in [-0.25, -0.2) is 5.01 Å². The lowest BCUT2D eigenvalue weighted by Gasteiger charge is -2.22. The van der Waals surface area contributed by atoms with Crippen molar-refractivity contribution in [1.82, 2.24) is 5.01 Å². The highest BCUT2D eigenvalue weighted by molar-refractivity contribution is 6.31. The Labute approximate surface area is 146 Å². The fraction of sp³-hybridized carbons (Fsp3) is 0.263. The summed E-state index contributed by atoms with van der Waals surface area (Å²) in [5, 5.41) is 6.80. The smallest absolute Gasteiger partial charge is 0.242 e. The van der Waals surface area contributed by atoms with Crippen LogP contribution in [-0.4, -0.2) is 23.7 Å². The molecule has 0 fully saturated rings. The number of carbonyl (C=O) groups excluding carboxylic acids is 1. The second-order valence-electron chi connectivity index (χ2n) is 5.58. The SMILES string of the molecule is CCC(=O)N1N=C(c2ccccc2OC)C[C@H]1c1ccccc1Cl. The number of hydrogen-bond donors (Lipinski definition) is 0. The van der Waals surface area contributed by atoms with Gasteiger partial charge in [-0.1, -0.05) is 48.9 Å². The van der Waals surface area contributed by atoms with Gasteiger partial charge in [0.2, 0.25) is 5.91 Å². The van der Waals surface area contributed by atoms with Crippen LogP contribution in [0.4, 0.5) is 0 Å². The zero-order chi connectivity index (χ0) is 17.1. The Morgan fingerprint density at radius 2 is 1.96 bits per heavy atom. The first-order chi connectivity index (χ1) is 11.7. The molecule has 0 unspecified atom stereocenters. The van der Waals surface area contributed by atoms with Crippen molar-refractivity contribution >= 4 is 23.2 Å². The summed E-state index contributed by atoms with van der Waals surface area (Å²) >= 11 is 6.36. The predicted molar refractivity (Wildman–Crippen MR) is 95.5 cm³/mol. The Bertz CT molecular complexity index is 788. The van der Waals surface area contributed by atoms with Gasteiger partial charge in [0.25, 0.3) is 0 Å². The van der Waals surface area contributed by atoms with E-state index in [1.54, 1.807) is 12.1 Å². The van der Waals surface area contributed by atoms with Crippen LogP contribution in [0.1, 0.15) is 36.9 Å². The van der Waals surface area contributed by atoms with E-state index in [-0.39, 0.29) is 11.9 Å². The number of halogens is 1. The van der Waals surface area contributed by atoms with Crippen LogP contribution >= 0.6 is 11.6 Å².